The van der Waals surface area contributed by atoms with Crippen LogP contribution >= 0.6 is 0 Å². The van der Waals surface area contributed by atoms with Crippen molar-refractivity contribution in [1.82, 2.24) is 0 Å². The number of anilines is 1. The van der Waals surface area contributed by atoms with Crippen LogP contribution in [0.2, 0.25) is 0 Å². The largest absolute Gasteiger partial charge is 0.478 e. The number of rotatable bonds is 5. The highest BCUT2D eigenvalue weighted by Crippen LogP contribution is 2.26. The standard InChI is InChI=1S/C22H23NO3/c24-21(18-9-5-2-6-10-18)23-20-15-17(13-14-19(20)22(25)26)12-11-16-7-3-1-4-8-16/h2,5-6,9-16H,1,3-4,7-8H2,(H,23,24)(H,25,26)/b12-11+. The molecule has 1 aliphatic carbocycles. The van der Waals surface area contributed by atoms with Gasteiger partial charge in [0.25, 0.3) is 5.91 Å². The van der Waals surface area contributed by atoms with E-state index in [1.807, 2.05) is 12.1 Å². The van der Waals surface area contributed by atoms with E-state index in [0.717, 1.165) is 5.56 Å². The first-order valence-electron chi connectivity index (χ1n) is 9.05. The summed E-state index contributed by atoms with van der Waals surface area (Å²) in [7, 11) is 0. The fourth-order valence-electron chi connectivity index (χ4n) is 3.31. The van der Waals surface area contributed by atoms with Crippen molar-refractivity contribution in [3.8, 4) is 0 Å². The zero-order chi connectivity index (χ0) is 18.4. The molecule has 0 bridgehead atoms. The van der Waals surface area contributed by atoms with E-state index in [4.69, 9.17) is 0 Å². The third kappa shape index (κ3) is 4.60. The average molecular weight is 349 g/mol. The maximum Gasteiger partial charge on any atom is 0.337 e. The van der Waals surface area contributed by atoms with Crippen molar-refractivity contribution >= 4 is 23.6 Å². The van der Waals surface area contributed by atoms with Crippen molar-refractivity contribution in [3.05, 3.63) is 71.3 Å². The van der Waals surface area contributed by atoms with Gasteiger partial charge in [-0.3, -0.25) is 4.79 Å². The molecule has 4 nitrogen and oxygen atoms in total. The normalized spacial score (nSPS) is 15.1. The summed E-state index contributed by atoms with van der Waals surface area (Å²) >= 11 is 0. The van der Waals surface area contributed by atoms with Crippen LogP contribution in [0.5, 0.6) is 0 Å². The number of aromatic carboxylic acids is 1. The third-order valence-electron chi connectivity index (χ3n) is 4.77. The minimum atomic E-state index is -1.06. The quantitative estimate of drug-likeness (QED) is 0.776. The van der Waals surface area contributed by atoms with E-state index in [1.54, 1.807) is 42.5 Å². The molecule has 1 saturated carbocycles. The highest BCUT2D eigenvalue weighted by atomic mass is 16.4. The van der Waals surface area contributed by atoms with Gasteiger partial charge in [-0.2, -0.15) is 0 Å². The highest BCUT2D eigenvalue weighted by molar-refractivity contribution is 6.07. The number of hydrogen-bond acceptors (Lipinski definition) is 2. The lowest BCUT2D eigenvalue weighted by molar-refractivity contribution is 0.0698. The van der Waals surface area contributed by atoms with Crippen molar-refractivity contribution in [2.24, 2.45) is 5.92 Å². The summed E-state index contributed by atoms with van der Waals surface area (Å²) in [5.41, 5.74) is 1.79. The number of nitrogens with one attached hydrogen (secondary N) is 1. The minimum Gasteiger partial charge on any atom is -0.478 e. The third-order valence-corrected chi connectivity index (χ3v) is 4.77. The number of carboxylic acid groups (broad SMARTS) is 1. The van der Waals surface area contributed by atoms with Crippen LogP contribution in [-0.2, 0) is 0 Å². The van der Waals surface area contributed by atoms with Crippen molar-refractivity contribution in [3.63, 3.8) is 0 Å². The Morgan fingerprint density at radius 1 is 1.00 bits per heavy atom. The number of amides is 1. The van der Waals surface area contributed by atoms with Crippen molar-refractivity contribution in [2.75, 3.05) is 5.32 Å². The smallest absolute Gasteiger partial charge is 0.337 e. The van der Waals surface area contributed by atoms with Crippen molar-refractivity contribution in [2.45, 2.75) is 32.1 Å². The zero-order valence-corrected chi connectivity index (χ0v) is 14.7. The fourth-order valence-corrected chi connectivity index (χ4v) is 3.31. The molecule has 0 aliphatic heterocycles. The summed E-state index contributed by atoms with van der Waals surface area (Å²) in [6, 6.07) is 13.8. The molecule has 1 aliphatic rings. The molecule has 3 rings (SSSR count). The second kappa shape index (κ2) is 8.48. The highest BCUT2D eigenvalue weighted by Gasteiger charge is 2.14. The van der Waals surface area contributed by atoms with Gasteiger partial charge < -0.3 is 10.4 Å². The van der Waals surface area contributed by atoms with Crippen LogP contribution in [0.4, 0.5) is 5.69 Å². The maximum absolute atomic E-state index is 12.4. The molecule has 0 aromatic heterocycles. The summed E-state index contributed by atoms with van der Waals surface area (Å²) in [5.74, 6) is -0.789. The monoisotopic (exact) mass is 349 g/mol. The zero-order valence-electron chi connectivity index (χ0n) is 14.7. The molecular formula is C22H23NO3. The molecule has 0 saturated heterocycles. The Morgan fingerprint density at radius 3 is 2.42 bits per heavy atom. The molecule has 4 heteroatoms. The number of carboxylic acids is 1. The van der Waals surface area contributed by atoms with Crippen LogP contribution in [0.15, 0.2) is 54.6 Å². The second-order valence-electron chi connectivity index (χ2n) is 6.69. The van der Waals surface area contributed by atoms with Crippen LogP contribution in [0.3, 0.4) is 0 Å². The van der Waals surface area contributed by atoms with Gasteiger partial charge in [-0.05, 0) is 48.6 Å². The maximum atomic E-state index is 12.4. The number of carbonyl (C=O) groups is 2. The van der Waals surface area contributed by atoms with Crippen LogP contribution < -0.4 is 5.32 Å². The van der Waals surface area contributed by atoms with Gasteiger partial charge in [-0.15, -0.1) is 0 Å². The first kappa shape index (κ1) is 17.9. The molecule has 26 heavy (non-hydrogen) atoms. The first-order valence-corrected chi connectivity index (χ1v) is 9.05. The van der Waals surface area contributed by atoms with Gasteiger partial charge in [-0.1, -0.05) is 55.7 Å². The SMILES string of the molecule is O=C(Nc1cc(/C=C/C2CCCCC2)ccc1C(=O)O)c1ccccc1. The van der Waals surface area contributed by atoms with E-state index >= 15 is 0 Å². The molecule has 0 radical (unpaired) electrons. The van der Waals surface area contributed by atoms with Crippen LogP contribution in [-0.4, -0.2) is 17.0 Å². The Morgan fingerprint density at radius 2 is 1.73 bits per heavy atom. The molecule has 0 spiro atoms. The molecule has 0 atom stereocenters. The summed E-state index contributed by atoms with van der Waals surface area (Å²) in [5, 5.41) is 12.1. The summed E-state index contributed by atoms with van der Waals surface area (Å²) in [6.45, 7) is 0. The number of hydrogen-bond donors (Lipinski definition) is 2. The Kier molecular flexibility index (Phi) is 5.84. The van der Waals surface area contributed by atoms with E-state index in [2.05, 4.69) is 11.4 Å². The average Bonchev–Trinajstić information content (AvgIpc) is 2.68. The van der Waals surface area contributed by atoms with Crippen molar-refractivity contribution in [1.29, 1.82) is 0 Å². The number of carbonyl (C=O) groups excluding carboxylic acids is 1. The molecular weight excluding hydrogens is 326 g/mol. The Balaban J connectivity index is 1.81. The van der Waals surface area contributed by atoms with E-state index in [-0.39, 0.29) is 11.5 Å². The molecule has 2 aromatic rings. The van der Waals surface area contributed by atoms with Crippen LogP contribution in [0.25, 0.3) is 6.08 Å². The molecule has 0 unspecified atom stereocenters. The molecule has 1 amide bonds. The minimum absolute atomic E-state index is 0.0871. The van der Waals surface area contributed by atoms with Gasteiger partial charge in [0.05, 0.1) is 11.3 Å². The van der Waals surface area contributed by atoms with Crippen LogP contribution in [0.1, 0.15) is 58.4 Å². The number of allylic oxidation sites excluding steroid dienone is 1. The Hall–Kier alpha value is -2.88. The summed E-state index contributed by atoms with van der Waals surface area (Å²) < 4.78 is 0. The predicted octanol–water partition coefficient (Wildman–Crippen LogP) is 5.23. The molecule has 134 valence electrons. The van der Waals surface area contributed by atoms with Gasteiger partial charge >= 0.3 is 5.97 Å². The van der Waals surface area contributed by atoms with E-state index in [1.165, 1.54) is 32.1 Å². The first-order chi connectivity index (χ1) is 12.6. The molecule has 0 heterocycles. The van der Waals surface area contributed by atoms with Gasteiger partial charge in [0.2, 0.25) is 0 Å². The number of benzene rings is 2. The topological polar surface area (TPSA) is 66.4 Å². The predicted molar refractivity (Wildman–Crippen MR) is 103 cm³/mol. The molecule has 1 fully saturated rings. The van der Waals surface area contributed by atoms with E-state index < -0.39 is 5.97 Å². The van der Waals surface area contributed by atoms with Crippen molar-refractivity contribution < 1.29 is 14.7 Å². The lowest BCUT2D eigenvalue weighted by atomic mass is 9.88. The summed E-state index contributed by atoms with van der Waals surface area (Å²) in [4.78, 5) is 23.9. The lowest BCUT2D eigenvalue weighted by Gasteiger charge is -2.17. The van der Waals surface area contributed by atoms with Crippen LogP contribution in [0, 0.1) is 5.92 Å². The molecule has 2 aromatic carbocycles. The van der Waals surface area contributed by atoms with Gasteiger partial charge in [0.15, 0.2) is 0 Å². The van der Waals surface area contributed by atoms with E-state index in [0.29, 0.717) is 17.2 Å². The molecule has 2 N–H and O–H groups in total. The van der Waals surface area contributed by atoms with E-state index in [9.17, 15) is 14.7 Å². The fraction of sp³-hybridized carbons (Fsp3) is 0.273. The Bertz CT molecular complexity index is 805. The Labute approximate surface area is 153 Å². The van der Waals surface area contributed by atoms with Gasteiger partial charge in [-0.25, -0.2) is 4.79 Å². The van der Waals surface area contributed by atoms with Gasteiger partial charge in [0.1, 0.15) is 0 Å². The second-order valence-corrected chi connectivity index (χ2v) is 6.69. The lowest BCUT2D eigenvalue weighted by Crippen LogP contribution is -2.14. The summed E-state index contributed by atoms with van der Waals surface area (Å²) in [6.07, 6.45) is 10.5. The van der Waals surface area contributed by atoms with Gasteiger partial charge in [0, 0.05) is 5.56 Å².